The van der Waals surface area contributed by atoms with Crippen molar-refractivity contribution in [3.63, 3.8) is 0 Å². The van der Waals surface area contributed by atoms with E-state index in [0.717, 1.165) is 12.1 Å². The number of nitrogens with one attached hydrogen (secondary N) is 1. The molecule has 2 heterocycles. The van der Waals surface area contributed by atoms with Crippen LogP contribution >= 0.6 is 0 Å². The van der Waals surface area contributed by atoms with Gasteiger partial charge < -0.3 is 5.32 Å². The Morgan fingerprint density at radius 2 is 1.65 bits per heavy atom. The van der Waals surface area contributed by atoms with Gasteiger partial charge in [0.15, 0.2) is 0 Å². The standard InChI is InChI=1S/C21H24N6O3S/c1-15-11-16(2)13-26(12-15)31(29,30)20-9-3-17(4-10-20)21(28)23-18-5-7-19(8-6-18)27-14-22-24-25-27/h3-10,14-16H,11-13H2,1-2H3,(H,23,28)/t15-,16-/m1/s1. The lowest BCUT2D eigenvalue weighted by molar-refractivity contribution is 0.102. The zero-order chi connectivity index (χ0) is 22.0. The van der Waals surface area contributed by atoms with Crippen molar-refractivity contribution in [1.29, 1.82) is 0 Å². The fourth-order valence-electron chi connectivity index (χ4n) is 3.91. The summed E-state index contributed by atoms with van der Waals surface area (Å²) in [6, 6.07) is 13.1. The molecule has 1 aliphatic heterocycles. The molecule has 0 bridgehead atoms. The predicted molar refractivity (Wildman–Crippen MR) is 115 cm³/mol. The van der Waals surface area contributed by atoms with Gasteiger partial charge in [-0.1, -0.05) is 13.8 Å². The second-order valence-corrected chi connectivity index (χ2v) is 9.99. The second-order valence-electron chi connectivity index (χ2n) is 8.05. The first-order valence-corrected chi connectivity index (χ1v) is 11.5. The third kappa shape index (κ3) is 4.64. The SMILES string of the molecule is C[C@@H]1C[C@@H](C)CN(S(=O)(=O)c2ccc(C(=O)Nc3ccc(-n4cnnn4)cc3)cc2)C1. The molecular weight excluding hydrogens is 416 g/mol. The monoisotopic (exact) mass is 440 g/mol. The van der Waals surface area contributed by atoms with Gasteiger partial charge in [0.2, 0.25) is 10.0 Å². The van der Waals surface area contributed by atoms with Crippen LogP contribution in [0.4, 0.5) is 5.69 Å². The summed E-state index contributed by atoms with van der Waals surface area (Å²) in [7, 11) is -3.57. The average Bonchev–Trinajstić information content (AvgIpc) is 3.28. The summed E-state index contributed by atoms with van der Waals surface area (Å²) in [4.78, 5) is 12.8. The molecule has 0 aliphatic carbocycles. The van der Waals surface area contributed by atoms with E-state index in [1.807, 2.05) is 0 Å². The molecule has 4 rings (SSSR count). The molecular formula is C21H24N6O3S. The Hall–Kier alpha value is -3.11. The molecule has 10 heteroatoms. The Labute approximate surface area is 181 Å². The largest absolute Gasteiger partial charge is 0.322 e. The zero-order valence-corrected chi connectivity index (χ0v) is 18.2. The lowest BCUT2D eigenvalue weighted by Gasteiger charge is -2.34. The van der Waals surface area contributed by atoms with Crippen LogP contribution in [-0.4, -0.2) is 51.9 Å². The normalized spacial score (nSPS) is 19.8. The number of carbonyl (C=O) groups is 1. The number of benzene rings is 2. The Morgan fingerprint density at radius 1 is 1.00 bits per heavy atom. The van der Waals surface area contributed by atoms with Gasteiger partial charge in [0.05, 0.1) is 10.6 Å². The number of carbonyl (C=O) groups excluding carboxylic acids is 1. The summed E-state index contributed by atoms with van der Waals surface area (Å²) in [6.07, 6.45) is 2.51. The average molecular weight is 441 g/mol. The molecule has 0 unspecified atom stereocenters. The van der Waals surface area contributed by atoms with Crippen molar-refractivity contribution in [3.8, 4) is 5.69 Å². The molecule has 9 nitrogen and oxygen atoms in total. The van der Waals surface area contributed by atoms with Gasteiger partial charge in [-0.25, -0.2) is 13.1 Å². The highest BCUT2D eigenvalue weighted by molar-refractivity contribution is 7.89. The first-order chi connectivity index (χ1) is 14.8. The summed E-state index contributed by atoms with van der Waals surface area (Å²) >= 11 is 0. The van der Waals surface area contributed by atoms with Gasteiger partial charge in [-0.05, 0) is 77.2 Å². The molecule has 31 heavy (non-hydrogen) atoms. The van der Waals surface area contributed by atoms with Gasteiger partial charge in [-0.3, -0.25) is 4.79 Å². The minimum Gasteiger partial charge on any atom is -0.322 e. The predicted octanol–water partition coefficient (Wildman–Crippen LogP) is 2.58. The van der Waals surface area contributed by atoms with E-state index in [1.165, 1.54) is 35.3 Å². The van der Waals surface area contributed by atoms with Crippen molar-refractivity contribution < 1.29 is 13.2 Å². The number of piperidine rings is 1. The Bertz CT molecular complexity index is 1130. The molecule has 1 saturated heterocycles. The molecule has 2 aromatic carbocycles. The van der Waals surface area contributed by atoms with Crippen LogP contribution in [0.3, 0.4) is 0 Å². The minimum atomic E-state index is -3.57. The van der Waals surface area contributed by atoms with Gasteiger partial charge in [-0.2, -0.15) is 4.31 Å². The van der Waals surface area contributed by atoms with Crippen LogP contribution in [0.2, 0.25) is 0 Å². The van der Waals surface area contributed by atoms with Gasteiger partial charge in [-0.15, -0.1) is 5.10 Å². The molecule has 1 amide bonds. The zero-order valence-electron chi connectivity index (χ0n) is 17.3. The number of tetrazole rings is 1. The maximum atomic E-state index is 13.0. The number of hydrogen-bond acceptors (Lipinski definition) is 6. The maximum absolute atomic E-state index is 13.0. The van der Waals surface area contributed by atoms with Gasteiger partial charge in [0.25, 0.3) is 5.91 Å². The summed E-state index contributed by atoms with van der Waals surface area (Å²) < 4.78 is 29.0. The lowest BCUT2D eigenvalue weighted by atomic mass is 9.94. The van der Waals surface area contributed by atoms with E-state index in [4.69, 9.17) is 0 Å². The molecule has 1 N–H and O–H groups in total. The maximum Gasteiger partial charge on any atom is 0.255 e. The topological polar surface area (TPSA) is 110 Å². The van der Waals surface area contributed by atoms with Crippen molar-refractivity contribution in [2.75, 3.05) is 18.4 Å². The van der Waals surface area contributed by atoms with Crippen LogP contribution in [0.25, 0.3) is 5.69 Å². The van der Waals surface area contributed by atoms with Gasteiger partial charge in [0.1, 0.15) is 6.33 Å². The molecule has 0 saturated carbocycles. The molecule has 162 valence electrons. The molecule has 1 aliphatic rings. The first kappa shape index (κ1) is 21.1. The number of nitrogens with zero attached hydrogens (tertiary/aromatic N) is 5. The smallest absolute Gasteiger partial charge is 0.255 e. The van der Waals surface area contributed by atoms with Crippen molar-refractivity contribution >= 4 is 21.6 Å². The lowest BCUT2D eigenvalue weighted by Crippen LogP contribution is -2.42. The number of sulfonamides is 1. The first-order valence-electron chi connectivity index (χ1n) is 10.1. The summed E-state index contributed by atoms with van der Waals surface area (Å²) in [5.74, 6) is 0.339. The van der Waals surface area contributed by atoms with E-state index >= 15 is 0 Å². The van der Waals surface area contributed by atoms with E-state index in [1.54, 1.807) is 28.6 Å². The van der Waals surface area contributed by atoms with Crippen LogP contribution in [0, 0.1) is 11.8 Å². The number of anilines is 1. The summed E-state index contributed by atoms with van der Waals surface area (Å²) in [5, 5.41) is 13.8. The second kappa shape index (κ2) is 8.56. The Morgan fingerprint density at radius 3 is 2.23 bits per heavy atom. The fourth-order valence-corrected chi connectivity index (χ4v) is 5.59. The van der Waals surface area contributed by atoms with E-state index in [9.17, 15) is 13.2 Å². The van der Waals surface area contributed by atoms with Gasteiger partial charge >= 0.3 is 0 Å². The Balaban J connectivity index is 1.44. The van der Waals surface area contributed by atoms with Crippen LogP contribution in [0.1, 0.15) is 30.6 Å². The van der Waals surface area contributed by atoms with Crippen molar-refractivity contribution in [1.82, 2.24) is 24.5 Å². The van der Waals surface area contributed by atoms with Crippen LogP contribution in [-0.2, 0) is 10.0 Å². The van der Waals surface area contributed by atoms with E-state index in [0.29, 0.717) is 36.2 Å². The molecule has 1 aromatic heterocycles. The van der Waals surface area contributed by atoms with E-state index in [-0.39, 0.29) is 10.8 Å². The third-order valence-corrected chi connectivity index (χ3v) is 7.17. The van der Waals surface area contributed by atoms with Crippen molar-refractivity contribution in [3.05, 3.63) is 60.4 Å². The summed E-state index contributed by atoms with van der Waals surface area (Å²) in [6.45, 7) is 5.19. The van der Waals surface area contributed by atoms with Crippen LogP contribution < -0.4 is 5.32 Å². The number of hydrogen-bond donors (Lipinski definition) is 1. The van der Waals surface area contributed by atoms with Gasteiger partial charge in [0, 0.05) is 24.3 Å². The molecule has 3 aromatic rings. The Kier molecular flexibility index (Phi) is 5.84. The van der Waals surface area contributed by atoms with Crippen LogP contribution in [0.15, 0.2) is 59.8 Å². The molecule has 0 radical (unpaired) electrons. The molecule has 0 spiro atoms. The van der Waals surface area contributed by atoms with Crippen molar-refractivity contribution in [2.45, 2.75) is 25.2 Å². The number of aromatic nitrogens is 4. The summed E-state index contributed by atoms with van der Waals surface area (Å²) in [5.41, 5.74) is 1.75. The molecule has 1 fully saturated rings. The number of rotatable bonds is 5. The third-order valence-electron chi connectivity index (χ3n) is 5.33. The fraction of sp³-hybridized carbons (Fsp3) is 0.333. The highest BCUT2D eigenvalue weighted by Gasteiger charge is 2.31. The number of amides is 1. The highest BCUT2D eigenvalue weighted by atomic mass is 32.2. The van der Waals surface area contributed by atoms with E-state index in [2.05, 4.69) is 34.7 Å². The van der Waals surface area contributed by atoms with Crippen molar-refractivity contribution in [2.24, 2.45) is 11.8 Å². The van der Waals surface area contributed by atoms with Crippen LogP contribution in [0.5, 0.6) is 0 Å². The quantitative estimate of drug-likeness (QED) is 0.653. The van der Waals surface area contributed by atoms with E-state index < -0.39 is 10.0 Å². The molecule has 2 atom stereocenters. The minimum absolute atomic E-state index is 0.205. The highest BCUT2D eigenvalue weighted by Crippen LogP contribution is 2.27.